The highest BCUT2D eigenvalue weighted by Gasteiger charge is 1.99. The molecular weight excluding hydrogens is 196 g/mol. The second-order valence-corrected chi connectivity index (χ2v) is 3.94. The van der Waals surface area contributed by atoms with E-state index in [0.29, 0.717) is 0 Å². The van der Waals surface area contributed by atoms with Crippen LogP contribution in [0.15, 0.2) is 0 Å². The molecule has 0 aliphatic heterocycles. The van der Waals surface area contributed by atoms with Gasteiger partial charge in [-0.2, -0.15) is 0 Å². The normalized spacial score (nSPS) is 9.38. The fraction of sp³-hybridized carbons (Fsp3) is 1.00. The predicted molar refractivity (Wildman–Crippen MR) is 78.3 cm³/mol. The van der Waals surface area contributed by atoms with Crippen LogP contribution in [0.3, 0.4) is 0 Å². The summed E-state index contributed by atoms with van der Waals surface area (Å²) in [6.45, 7) is 17.5. The lowest BCUT2D eigenvalue weighted by Gasteiger charge is -2.21. The van der Waals surface area contributed by atoms with Crippen LogP contribution >= 0.6 is 0 Å². The first kappa shape index (κ1) is 21.2. The molecule has 0 unspecified atom stereocenters. The summed E-state index contributed by atoms with van der Waals surface area (Å²) in [7, 11) is 4.25. The second-order valence-electron chi connectivity index (χ2n) is 3.94. The van der Waals surface area contributed by atoms with E-state index in [2.05, 4.69) is 51.6 Å². The number of rotatable bonds is 6. The maximum atomic E-state index is 2.49. The van der Waals surface area contributed by atoms with Crippen molar-refractivity contribution in [2.45, 2.75) is 54.4 Å². The molecular formula is C14H36N2. The molecule has 16 heavy (non-hydrogen) atoms. The van der Waals surface area contributed by atoms with E-state index in [1.54, 1.807) is 0 Å². The summed E-state index contributed by atoms with van der Waals surface area (Å²) < 4.78 is 0. The maximum absolute atomic E-state index is 2.49. The molecule has 0 aromatic carbocycles. The Bertz CT molecular complexity index is 92.7. The van der Waals surface area contributed by atoms with Crippen molar-refractivity contribution in [3.8, 4) is 0 Å². The van der Waals surface area contributed by atoms with Crippen LogP contribution in [0.1, 0.15) is 54.4 Å². The summed E-state index contributed by atoms with van der Waals surface area (Å²) in [4.78, 5) is 4.72. The lowest BCUT2D eigenvalue weighted by molar-refractivity contribution is 0.251. The average molecular weight is 232 g/mol. The van der Waals surface area contributed by atoms with E-state index < -0.39 is 0 Å². The Hall–Kier alpha value is -0.0800. The van der Waals surface area contributed by atoms with Crippen LogP contribution < -0.4 is 0 Å². The highest BCUT2D eigenvalue weighted by molar-refractivity contribution is 4.55. The molecule has 0 aromatic rings. The lowest BCUT2D eigenvalue weighted by atomic mass is 10.4. The van der Waals surface area contributed by atoms with Gasteiger partial charge in [0, 0.05) is 13.1 Å². The van der Waals surface area contributed by atoms with Gasteiger partial charge in [0.05, 0.1) is 0 Å². The molecule has 102 valence electrons. The summed E-state index contributed by atoms with van der Waals surface area (Å²) >= 11 is 0. The molecule has 0 saturated heterocycles. The van der Waals surface area contributed by atoms with Crippen molar-refractivity contribution >= 4 is 0 Å². The van der Waals surface area contributed by atoms with E-state index >= 15 is 0 Å². The Morgan fingerprint density at radius 3 is 1.44 bits per heavy atom. The minimum Gasteiger partial charge on any atom is -0.308 e. The van der Waals surface area contributed by atoms with Gasteiger partial charge in [-0.05, 0) is 33.6 Å². The zero-order valence-corrected chi connectivity index (χ0v) is 13.1. The Labute approximate surface area is 105 Å². The third-order valence-electron chi connectivity index (χ3n) is 1.85. The SMILES string of the molecule is CC.CCC.CCCN(CC)CCN(C)C. The Kier molecular flexibility index (Phi) is 27.0. The third-order valence-corrected chi connectivity index (χ3v) is 1.85. The maximum Gasteiger partial charge on any atom is 0.0109 e. The monoisotopic (exact) mass is 232 g/mol. The first-order valence-electron chi connectivity index (χ1n) is 6.99. The smallest absolute Gasteiger partial charge is 0.0109 e. The quantitative estimate of drug-likeness (QED) is 0.688. The molecule has 0 aliphatic rings. The van der Waals surface area contributed by atoms with E-state index in [1.165, 1.54) is 39.0 Å². The van der Waals surface area contributed by atoms with Crippen molar-refractivity contribution in [2.24, 2.45) is 0 Å². The fourth-order valence-electron chi connectivity index (χ4n) is 1.09. The minimum absolute atomic E-state index is 1.17. The summed E-state index contributed by atoms with van der Waals surface area (Å²) in [6, 6.07) is 0. The van der Waals surface area contributed by atoms with E-state index in [1.807, 2.05) is 13.8 Å². The zero-order chi connectivity index (χ0) is 13.4. The summed E-state index contributed by atoms with van der Waals surface area (Å²) in [5.41, 5.74) is 0. The first-order valence-corrected chi connectivity index (χ1v) is 6.99. The number of nitrogens with zero attached hydrogens (tertiary/aromatic N) is 2. The van der Waals surface area contributed by atoms with Gasteiger partial charge < -0.3 is 9.80 Å². The van der Waals surface area contributed by atoms with Crippen molar-refractivity contribution in [3.05, 3.63) is 0 Å². The van der Waals surface area contributed by atoms with Gasteiger partial charge in [0.2, 0.25) is 0 Å². The molecule has 0 spiro atoms. The molecule has 0 atom stereocenters. The van der Waals surface area contributed by atoms with Crippen LogP contribution in [-0.4, -0.2) is 50.1 Å². The van der Waals surface area contributed by atoms with Gasteiger partial charge in [0.25, 0.3) is 0 Å². The zero-order valence-electron chi connectivity index (χ0n) is 13.1. The van der Waals surface area contributed by atoms with Gasteiger partial charge in [-0.25, -0.2) is 0 Å². The van der Waals surface area contributed by atoms with Crippen molar-refractivity contribution in [1.29, 1.82) is 0 Å². The molecule has 2 heteroatoms. The second kappa shape index (κ2) is 20.3. The van der Waals surface area contributed by atoms with Gasteiger partial charge in [-0.15, -0.1) is 0 Å². The van der Waals surface area contributed by atoms with E-state index in [4.69, 9.17) is 0 Å². The predicted octanol–water partition coefficient (Wildman–Crippen LogP) is 3.72. The molecule has 0 heterocycles. The van der Waals surface area contributed by atoms with Crippen LogP contribution in [0.2, 0.25) is 0 Å². The first-order chi connectivity index (χ1) is 7.62. The third kappa shape index (κ3) is 23.6. The van der Waals surface area contributed by atoms with E-state index in [9.17, 15) is 0 Å². The van der Waals surface area contributed by atoms with Gasteiger partial charge >= 0.3 is 0 Å². The van der Waals surface area contributed by atoms with Crippen LogP contribution in [0.4, 0.5) is 0 Å². The number of hydrogen-bond donors (Lipinski definition) is 0. The molecule has 0 amide bonds. The Balaban J connectivity index is -0.000000289. The van der Waals surface area contributed by atoms with Gasteiger partial charge in [0.15, 0.2) is 0 Å². The van der Waals surface area contributed by atoms with Gasteiger partial charge in [-0.1, -0.05) is 48.0 Å². The van der Waals surface area contributed by atoms with Crippen molar-refractivity contribution in [1.82, 2.24) is 9.80 Å². The molecule has 0 aromatic heterocycles. The fourth-order valence-corrected chi connectivity index (χ4v) is 1.09. The van der Waals surface area contributed by atoms with Gasteiger partial charge in [0.1, 0.15) is 0 Å². The molecule has 0 N–H and O–H groups in total. The number of hydrogen-bond acceptors (Lipinski definition) is 2. The summed E-state index contributed by atoms with van der Waals surface area (Å²) in [5.74, 6) is 0. The molecule has 0 aliphatic carbocycles. The topological polar surface area (TPSA) is 6.48 Å². The number of likely N-dealkylation sites (N-methyl/N-ethyl adjacent to an activating group) is 2. The average Bonchev–Trinajstić information content (AvgIpc) is 2.28. The molecule has 0 fully saturated rings. The Morgan fingerprint density at radius 2 is 1.19 bits per heavy atom. The molecule has 0 bridgehead atoms. The molecule has 2 nitrogen and oxygen atoms in total. The minimum atomic E-state index is 1.17. The lowest BCUT2D eigenvalue weighted by Crippen LogP contribution is -2.32. The van der Waals surface area contributed by atoms with Crippen molar-refractivity contribution in [3.63, 3.8) is 0 Å². The van der Waals surface area contributed by atoms with Crippen LogP contribution in [0, 0.1) is 0 Å². The summed E-state index contributed by atoms with van der Waals surface area (Å²) in [5, 5.41) is 0. The van der Waals surface area contributed by atoms with E-state index in [-0.39, 0.29) is 0 Å². The van der Waals surface area contributed by atoms with Gasteiger partial charge in [-0.3, -0.25) is 0 Å². The Morgan fingerprint density at radius 1 is 0.750 bits per heavy atom. The standard InChI is InChI=1S/C9H22N2.C3H8.C2H6/c1-5-7-11(6-2)9-8-10(3)4;1-3-2;1-2/h5-9H2,1-4H3;3H2,1-2H3;1-2H3. The van der Waals surface area contributed by atoms with Crippen molar-refractivity contribution in [2.75, 3.05) is 40.3 Å². The van der Waals surface area contributed by atoms with Crippen molar-refractivity contribution < 1.29 is 0 Å². The summed E-state index contributed by atoms with van der Waals surface area (Å²) in [6.07, 6.45) is 2.52. The van der Waals surface area contributed by atoms with Crippen LogP contribution in [0.25, 0.3) is 0 Å². The van der Waals surface area contributed by atoms with Crippen LogP contribution in [-0.2, 0) is 0 Å². The highest BCUT2D eigenvalue weighted by Crippen LogP contribution is 1.90. The molecule has 0 saturated carbocycles. The molecule has 0 rings (SSSR count). The van der Waals surface area contributed by atoms with Crippen LogP contribution in [0.5, 0.6) is 0 Å². The van der Waals surface area contributed by atoms with E-state index in [0.717, 1.165) is 0 Å². The largest absolute Gasteiger partial charge is 0.308 e. The highest BCUT2D eigenvalue weighted by atomic mass is 15.2. The molecule has 0 radical (unpaired) electrons.